The number of amides is 2. The smallest absolute Gasteiger partial charge is 0.239 e. The van der Waals surface area contributed by atoms with Crippen molar-refractivity contribution >= 4 is 11.8 Å². The van der Waals surface area contributed by atoms with Crippen LogP contribution >= 0.6 is 0 Å². The third-order valence-electron chi connectivity index (χ3n) is 3.02. The van der Waals surface area contributed by atoms with Gasteiger partial charge in [0.2, 0.25) is 11.8 Å². The molecular formula is C11H22N2O3. The molecule has 2 amide bonds. The summed E-state index contributed by atoms with van der Waals surface area (Å²) in [5.74, 6) is -0.570. The summed E-state index contributed by atoms with van der Waals surface area (Å²) in [4.78, 5) is 23.9. The minimum Gasteiger partial charge on any atom is -0.393 e. The fourth-order valence-electron chi connectivity index (χ4n) is 1.18. The van der Waals surface area contributed by atoms with E-state index in [-0.39, 0.29) is 11.8 Å². The van der Waals surface area contributed by atoms with Crippen molar-refractivity contribution in [2.45, 2.75) is 45.8 Å². The van der Waals surface area contributed by atoms with E-state index >= 15 is 0 Å². The number of carbonyl (C=O) groups excluding carboxylic acids is 2. The molecule has 5 heteroatoms. The lowest BCUT2D eigenvalue weighted by Gasteiger charge is -2.23. The lowest BCUT2D eigenvalue weighted by atomic mass is 10.00. The molecule has 0 bridgehead atoms. The van der Waals surface area contributed by atoms with Crippen LogP contribution in [0.5, 0.6) is 0 Å². The van der Waals surface area contributed by atoms with Gasteiger partial charge in [-0.1, -0.05) is 6.92 Å². The Hall–Kier alpha value is -1.10. The minimum atomic E-state index is -0.589. The standard InChI is InChI=1S/C11H22N2O3/c1-7(9(3)14)5-6-10(15)13(4)8(2)11(12)16/h7-9,14H,5-6H2,1-4H3,(H2,12,16)/t7?,8-,9+/m0/s1. The van der Waals surface area contributed by atoms with Crippen molar-refractivity contribution < 1.29 is 14.7 Å². The van der Waals surface area contributed by atoms with Crippen molar-refractivity contribution in [3.8, 4) is 0 Å². The molecule has 5 nitrogen and oxygen atoms in total. The Labute approximate surface area is 96.6 Å². The highest BCUT2D eigenvalue weighted by Gasteiger charge is 2.20. The molecule has 3 N–H and O–H groups in total. The molecule has 0 aromatic carbocycles. The van der Waals surface area contributed by atoms with E-state index in [2.05, 4.69) is 0 Å². The molecule has 0 saturated carbocycles. The van der Waals surface area contributed by atoms with Crippen LogP contribution in [0.25, 0.3) is 0 Å². The van der Waals surface area contributed by atoms with Crippen LogP contribution in [0.1, 0.15) is 33.6 Å². The highest BCUT2D eigenvalue weighted by atomic mass is 16.3. The van der Waals surface area contributed by atoms with Gasteiger partial charge in [0.25, 0.3) is 0 Å². The largest absolute Gasteiger partial charge is 0.393 e. The van der Waals surface area contributed by atoms with Gasteiger partial charge in [0, 0.05) is 13.5 Å². The molecule has 0 heterocycles. The third-order valence-corrected chi connectivity index (χ3v) is 3.02. The lowest BCUT2D eigenvalue weighted by molar-refractivity contribution is -0.137. The number of rotatable bonds is 6. The minimum absolute atomic E-state index is 0.0706. The summed E-state index contributed by atoms with van der Waals surface area (Å²) in [5.41, 5.74) is 5.11. The van der Waals surface area contributed by atoms with Gasteiger partial charge in [-0.2, -0.15) is 0 Å². The molecule has 1 unspecified atom stereocenters. The molecule has 0 aliphatic heterocycles. The van der Waals surface area contributed by atoms with E-state index in [4.69, 9.17) is 5.73 Å². The normalized spacial score (nSPS) is 16.3. The van der Waals surface area contributed by atoms with Crippen molar-refractivity contribution in [3.63, 3.8) is 0 Å². The number of likely N-dealkylation sites (N-methyl/N-ethyl adjacent to an activating group) is 1. The Kier molecular flexibility index (Phi) is 6.03. The van der Waals surface area contributed by atoms with Crippen LogP contribution in [0, 0.1) is 5.92 Å². The quantitative estimate of drug-likeness (QED) is 0.679. The summed E-state index contributed by atoms with van der Waals surface area (Å²) < 4.78 is 0. The first-order valence-electron chi connectivity index (χ1n) is 5.50. The zero-order valence-electron chi connectivity index (χ0n) is 10.4. The van der Waals surface area contributed by atoms with Gasteiger partial charge in [-0.25, -0.2) is 0 Å². The average Bonchev–Trinajstić information content (AvgIpc) is 2.22. The molecule has 94 valence electrons. The molecule has 0 rings (SSSR count). The highest BCUT2D eigenvalue weighted by Crippen LogP contribution is 2.12. The van der Waals surface area contributed by atoms with E-state index in [9.17, 15) is 14.7 Å². The monoisotopic (exact) mass is 230 g/mol. The maximum absolute atomic E-state index is 11.7. The van der Waals surface area contributed by atoms with Gasteiger partial charge in [-0.05, 0) is 26.2 Å². The SMILES string of the molecule is CC(CCC(=O)N(C)[C@@H](C)C(N)=O)[C@@H](C)O. The van der Waals surface area contributed by atoms with Crippen LogP contribution < -0.4 is 5.73 Å². The molecule has 3 atom stereocenters. The van der Waals surface area contributed by atoms with Gasteiger partial charge in [-0.15, -0.1) is 0 Å². The van der Waals surface area contributed by atoms with Crippen molar-refractivity contribution in [2.75, 3.05) is 7.05 Å². The van der Waals surface area contributed by atoms with Crippen LogP contribution in [0.2, 0.25) is 0 Å². The maximum Gasteiger partial charge on any atom is 0.239 e. The number of hydrogen-bond donors (Lipinski definition) is 2. The van der Waals surface area contributed by atoms with Crippen LogP contribution in [0.3, 0.4) is 0 Å². The zero-order chi connectivity index (χ0) is 12.9. The predicted octanol–water partition coefficient (Wildman–Crippen LogP) is 0.116. The zero-order valence-corrected chi connectivity index (χ0v) is 10.4. The van der Waals surface area contributed by atoms with E-state index in [1.807, 2.05) is 6.92 Å². The number of nitrogens with zero attached hydrogens (tertiary/aromatic N) is 1. The molecule has 16 heavy (non-hydrogen) atoms. The predicted molar refractivity (Wildman–Crippen MR) is 61.5 cm³/mol. The molecule has 0 aliphatic carbocycles. The Balaban J connectivity index is 4.12. The topological polar surface area (TPSA) is 83.6 Å². The number of nitrogens with two attached hydrogens (primary N) is 1. The van der Waals surface area contributed by atoms with E-state index in [0.717, 1.165) is 0 Å². The molecule has 0 spiro atoms. The second-order valence-electron chi connectivity index (χ2n) is 4.34. The lowest BCUT2D eigenvalue weighted by Crippen LogP contribution is -2.43. The van der Waals surface area contributed by atoms with Crippen molar-refractivity contribution in [1.29, 1.82) is 0 Å². The molecule has 0 radical (unpaired) electrons. The Morgan fingerprint density at radius 2 is 1.81 bits per heavy atom. The van der Waals surface area contributed by atoms with Crippen molar-refractivity contribution in [2.24, 2.45) is 11.7 Å². The van der Waals surface area contributed by atoms with Crippen LogP contribution in [-0.4, -0.2) is 41.0 Å². The first kappa shape index (κ1) is 14.9. The Bertz CT molecular complexity index is 254. The van der Waals surface area contributed by atoms with Crippen molar-refractivity contribution in [3.05, 3.63) is 0 Å². The summed E-state index contributed by atoms with van der Waals surface area (Å²) in [7, 11) is 1.56. The molecule has 0 aromatic heterocycles. The molecule has 0 fully saturated rings. The van der Waals surface area contributed by atoms with Crippen molar-refractivity contribution in [1.82, 2.24) is 4.90 Å². The fourth-order valence-corrected chi connectivity index (χ4v) is 1.18. The first-order chi connectivity index (χ1) is 7.27. The van der Waals surface area contributed by atoms with Gasteiger partial charge in [0.05, 0.1) is 6.10 Å². The third kappa shape index (κ3) is 4.61. The van der Waals surface area contributed by atoms with Gasteiger partial charge in [0.15, 0.2) is 0 Å². The van der Waals surface area contributed by atoms with E-state index < -0.39 is 18.1 Å². The van der Waals surface area contributed by atoms with Gasteiger partial charge in [0.1, 0.15) is 6.04 Å². The number of aliphatic hydroxyl groups is 1. The van der Waals surface area contributed by atoms with E-state index in [1.54, 1.807) is 20.9 Å². The first-order valence-corrected chi connectivity index (χ1v) is 5.50. The summed E-state index contributed by atoms with van der Waals surface area (Å²) >= 11 is 0. The molecule has 0 aliphatic rings. The number of aliphatic hydroxyl groups excluding tert-OH is 1. The second kappa shape index (κ2) is 6.48. The molecule has 0 saturated heterocycles. The van der Waals surface area contributed by atoms with E-state index in [1.165, 1.54) is 4.90 Å². The summed E-state index contributed by atoms with van der Waals surface area (Å²) in [6.07, 6.45) is 0.499. The summed E-state index contributed by atoms with van der Waals surface area (Å²) in [6.45, 7) is 5.18. The average molecular weight is 230 g/mol. The van der Waals surface area contributed by atoms with Crippen LogP contribution in [-0.2, 0) is 9.59 Å². The molecular weight excluding hydrogens is 208 g/mol. The van der Waals surface area contributed by atoms with E-state index in [0.29, 0.717) is 12.8 Å². The van der Waals surface area contributed by atoms with Crippen LogP contribution in [0.4, 0.5) is 0 Å². The highest BCUT2D eigenvalue weighted by molar-refractivity contribution is 5.86. The van der Waals surface area contributed by atoms with Crippen LogP contribution in [0.15, 0.2) is 0 Å². The number of hydrogen-bond acceptors (Lipinski definition) is 3. The maximum atomic E-state index is 11.7. The summed E-state index contributed by atoms with van der Waals surface area (Å²) in [5, 5.41) is 9.27. The van der Waals surface area contributed by atoms with Gasteiger partial charge in [-0.3, -0.25) is 9.59 Å². The fraction of sp³-hybridized carbons (Fsp3) is 0.818. The Morgan fingerprint density at radius 3 is 2.19 bits per heavy atom. The number of carbonyl (C=O) groups is 2. The Morgan fingerprint density at radius 1 is 1.31 bits per heavy atom. The summed E-state index contributed by atoms with van der Waals surface area (Å²) in [6, 6.07) is -0.589. The number of primary amides is 1. The van der Waals surface area contributed by atoms with Gasteiger partial charge >= 0.3 is 0 Å². The second-order valence-corrected chi connectivity index (χ2v) is 4.34. The van der Waals surface area contributed by atoms with Gasteiger partial charge < -0.3 is 15.7 Å². The molecule has 0 aromatic rings.